The first-order chi connectivity index (χ1) is 15.5. The molecular weight excluding hydrogens is 422 g/mol. The lowest BCUT2D eigenvalue weighted by atomic mass is 10.1. The third-order valence-corrected chi connectivity index (χ3v) is 6.23. The molecule has 4 rings (SSSR count). The summed E-state index contributed by atoms with van der Waals surface area (Å²) in [6.45, 7) is 5.07. The molecular formula is C25H25N3O3S. The van der Waals surface area contributed by atoms with Crippen LogP contribution in [0.25, 0.3) is 16.8 Å². The number of aliphatic hydroxyl groups excluding tert-OH is 1. The van der Waals surface area contributed by atoms with E-state index in [-0.39, 0.29) is 24.1 Å². The van der Waals surface area contributed by atoms with Crippen molar-refractivity contribution >= 4 is 28.7 Å². The Morgan fingerprint density at radius 1 is 1.19 bits per heavy atom. The van der Waals surface area contributed by atoms with Crippen LogP contribution in [0.4, 0.5) is 0 Å². The summed E-state index contributed by atoms with van der Waals surface area (Å²) in [5.74, 6) is 0.0766. The first-order valence-corrected chi connectivity index (χ1v) is 11.3. The highest BCUT2D eigenvalue weighted by atomic mass is 32.1. The predicted octanol–water partition coefficient (Wildman–Crippen LogP) is 5.45. The molecule has 2 heterocycles. The molecule has 164 valence electrons. The van der Waals surface area contributed by atoms with Crippen molar-refractivity contribution in [1.82, 2.24) is 9.88 Å². The molecule has 0 atom stereocenters. The summed E-state index contributed by atoms with van der Waals surface area (Å²) in [4.78, 5) is 19.6. The van der Waals surface area contributed by atoms with Gasteiger partial charge in [-0.3, -0.25) is 5.41 Å². The van der Waals surface area contributed by atoms with Crippen molar-refractivity contribution in [2.75, 3.05) is 13.2 Å². The summed E-state index contributed by atoms with van der Waals surface area (Å²) >= 11 is 1.49. The summed E-state index contributed by atoms with van der Waals surface area (Å²) in [6, 6.07) is 17.1. The number of benzene rings is 2. The molecule has 2 aromatic carbocycles. The molecule has 32 heavy (non-hydrogen) atoms. The van der Waals surface area contributed by atoms with Gasteiger partial charge < -0.3 is 14.7 Å². The fourth-order valence-electron chi connectivity index (χ4n) is 3.61. The standard InChI is InChI=1S/C25H25N3O3S/c1-3-13-31-25(30)19-11-9-17(10-12-19)14-28-15-20(29)21(23(28)26)24-27-22(16(2)32-24)18-7-5-4-6-8-18/h4-12,26,29H,3,13-15H2,1-2H3. The highest BCUT2D eigenvalue weighted by Gasteiger charge is 2.31. The van der Waals surface area contributed by atoms with Gasteiger partial charge in [0.15, 0.2) is 0 Å². The number of amidine groups is 1. The fourth-order valence-corrected chi connectivity index (χ4v) is 4.61. The van der Waals surface area contributed by atoms with E-state index in [9.17, 15) is 9.90 Å². The molecule has 0 saturated carbocycles. The van der Waals surface area contributed by atoms with Gasteiger partial charge in [0.05, 0.1) is 30.0 Å². The van der Waals surface area contributed by atoms with Gasteiger partial charge in [0.25, 0.3) is 0 Å². The number of carbonyl (C=O) groups excluding carboxylic acids is 1. The number of ether oxygens (including phenoxy) is 1. The quantitative estimate of drug-likeness (QED) is 0.471. The van der Waals surface area contributed by atoms with Gasteiger partial charge in [-0.05, 0) is 31.0 Å². The van der Waals surface area contributed by atoms with E-state index >= 15 is 0 Å². The van der Waals surface area contributed by atoms with E-state index in [0.29, 0.717) is 29.3 Å². The van der Waals surface area contributed by atoms with Crippen LogP contribution in [0.5, 0.6) is 0 Å². The minimum Gasteiger partial charge on any atom is -0.510 e. The van der Waals surface area contributed by atoms with Crippen molar-refractivity contribution in [3.8, 4) is 11.3 Å². The number of rotatable bonds is 7. The lowest BCUT2D eigenvalue weighted by molar-refractivity contribution is 0.0505. The molecule has 1 aromatic heterocycles. The maximum absolute atomic E-state index is 12.0. The molecule has 0 radical (unpaired) electrons. The molecule has 1 aliphatic rings. The Labute approximate surface area is 191 Å². The van der Waals surface area contributed by atoms with Crippen molar-refractivity contribution in [2.24, 2.45) is 0 Å². The molecule has 6 nitrogen and oxygen atoms in total. The summed E-state index contributed by atoms with van der Waals surface area (Å²) < 4.78 is 5.16. The van der Waals surface area contributed by atoms with E-state index in [2.05, 4.69) is 0 Å². The second kappa shape index (κ2) is 9.36. The van der Waals surface area contributed by atoms with Crippen LogP contribution in [0.2, 0.25) is 0 Å². The third-order valence-electron chi connectivity index (χ3n) is 5.24. The molecule has 0 unspecified atom stereocenters. The topological polar surface area (TPSA) is 86.5 Å². The zero-order chi connectivity index (χ0) is 22.7. The van der Waals surface area contributed by atoms with Gasteiger partial charge in [0.1, 0.15) is 16.6 Å². The van der Waals surface area contributed by atoms with Crippen LogP contribution in [0.15, 0.2) is 60.4 Å². The van der Waals surface area contributed by atoms with Crippen molar-refractivity contribution in [3.05, 3.63) is 81.4 Å². The average molecular weight is 448 g/mol. The molecule has 0 amide bonds. The second-order valence-corrected chi connectivity index (χ2v) is 8.85. The van der Waals surface area contributed by atoms with E-state index in [1.807, 2.05) is 56.3 Å². The Hall–Kier alpha value is -3.45. The number of aliphatic hydroxyl groups is 1. The van der Waals surface area contributed by atoms with Gasteiger partial charge in [0.2, 0.25) is 0 Å². The van der Waals surface area contributed by atoms with Gasteiger partial charge in [0, 0.05) is 17.0 Å². The van der Waals surface area contributed by atoms with Crippen molar-refractivity contribution in [2.45, 2.75) is 26.8 Å². The number of nitrogens with zero attached hydrogens (tertiary/aromatic N) is 2. The number of esters is 1. The molecule has 3 aromatic rings. The number of aromatic nitrogens is 1. The highest BCUT2D eigenvalue weighted by Crippen LogP contribution is 2.35. The lowest BCUT2D eigenvalue weighted by Crippen LogP contribution is -2.26. The smallest absolute Gasteiger partial charge is 0.338 e. The summed E-state index contributed by atoms with van der Waals surface area (Å²) in [6.07, 6.45) is 0.783. The van der Waals surface area contributed by atoms with Crippen LogP contribution < -0.4 is 0 Å². The van der Waals surface area contributed by atoms with Gasteiger partial charge in [-0.15, -0.1) is 11.3 Å². The van der Waals surface area contributed by atoms with Gasteiger partial charge >= 0.3 is 5.97 Å². The zero-order valence-corrected chi connectivity index (χ0v) is 18.9. The minimum atomic E-state index is -0.331. The Morgan fingerprint density at radius 3 is 2.59 bits per heavy atom. The maximum atomic E-state index is 12.0. The molecule has 0 fully saturated rings. The molecule has 0 spiro atoms. The van der Waals surface area contributed by atoms with Crippen molar-refractivity contribution in [3.63, 3.8) is 0 Å². The molecule has 2 N–H and O–H groups in total. The van der Waals surface area contributed by atoms with E-state index in [0.717, 1.165) is 28.1 Å². The third kappa shape index (κ3) is 4.43. The normalized spacial score (nSPS) is 13.7. The molecule has 7 heteroatoms. The monoisotopic (exact) mass is 447 g/mol. The molecule has 0 saturated heterocycles. The Kier molecular flexibility index (Phi) is 6.37. The zero-order valence-electron chi connectivity index (χ0n) is 18.1. The summed E-state index contributed by atoms with van der Waals surface area (Å²) in [5.41, 5.74) is 3.83. The SMILES string of the molecule is CCCOC(=O)c1ccc(CN2CC(O)=C(c3nc(-c4ccccc4)c(C)s3)C2=N)cc1. The fraction of sp³-hybridized carbons (Fsp3) is 0.240. The van der Waals surface area contributed by atoms with Crippen molar-refractivity contribution < 1.29 is 14.6 Å². The van der Waals surface area contributed by atoms with Crippen LogP contribution in [0.3, 0.4) is 0 Å². The van der Waals surface area contributed by atoms with E-state index < -0.39 is 0 Å². The maximum Gasteiger partial charge on any atom is 0.338 e. The second-order valence-electron chi connectivity index (χ2n) is 7.65. The molecule has 0 bridgehead atoms. The number of carbonyl (C=O) groups is 1. The molecule has 0 aliphatic carbocycles. The van der Waals surface area contributed by atoms with Crippen LogP contribution in [0, 0.1) is 12.3 Å². The largest absolute Gasteiger partial charge is 0.510 e. The first-order valence-electron chi connectivity index (χ1n) is 10.5. The van der Waals surface area contributed by atoms with Crippen LogP contribution >= 0.6 is 11.3 Å². The predicted molar refractivity (Wildman–Crippen MR) is 127 cm³/mol. The summed E-state index contributed by atoms with van der Waals surface area (Å²) in [5, 5.41) is 19.9. The number of hydrogen-bond donors (Lipinski definition) is 2. The first kappa shape index (κ1) is 21.8. The minimum absolute atomic E-state index is 0.156. The average Bonchev–Trinajstić information content (AvgIpc) is 3.31. The van der Waals surface area contributed by atoms with E-state index in [1.165, 1.54) is 11.3 Å². The van der Waals surface area contributed by atoms with Gasteiger partial charge in [-0.1, -0.05) is 49.4 Å². The lowest BCUT2D eigenvalue weighted by Gasteiger charge is -2.18. The number of thiazole rings is 1. The van der Waals surface area contributed by atoms with Crippen LogP contribution in [0.1, 0.15) is 39.2 Å². The van der Waals surface area contributed by atoms with Crippen LogP contribution in [-0.4, -0.2) is 39.9 Å². The number of nitrogens with one attached hydrogen (secondary N) is 1. The van der Waals surface area contributed by atoms with Gasteiger partial charge in [-0.25, -0.2) is 9.78 Å². The van der Waals surface area contributed by atoms with Gasteiger partial charge in [-0.2, -0.15) is 0 Å². The van der Waals surface area contributed by atoms with E-state index in [4.69, 9.17) is 15.1 Å². The van der Waals surface area contributed by atoms with E-state index in [1.54, 1.807) is 17.0 Å². The number of hydrogen-bond acceptors (Lipinski definition) is 6. The Balaban J connectivity index is 1.48. The highest BCUT2D eigenvalue weighted by molar-refractivity contribution is 7.13. The number of aryl methyl sites for hydroxylation is 1. The van der Waals surface area contributed by atoms with Crippen LogP contribution in [-0.2, 0) is 11.3 Å². The molecule has 1 aliphatic heterocycles. The Morgan fingerprint density at radius 2 is 1.91 bits per heavy atom. The summed E-state index contributed by atoms with van der Waals surface area (Å²) in [7, 11) is 0. The van der Waals surface area contributed by atoms with Crippen molar-refractivity contribution in [1.29, 1.82) is 5.41 Å². The Bertz CT molecular complexity index is 1170.